The van der Waals surface area contributed by atoms with Gasteiger partial charge in [-0.3, -0.25) is 4.98 Å². The Morgan fingerprint density at radius 1 is 0.806 bits per heavy atom. The average molecular weight is 496 g/mol. The van der Waals surface area contributed by atoms with E-state index in [0.717, 1.165) is 18.3 Å². The summed E-state index contributed by atoms with van der Waals surface area (Å²) < 4.78 is 58.6. The lowest BCUT2D eigenvalue weighted by molar-refractivity contribution is -0.137. The number of halogens is 4. The maximum Gasteiger partial charge on any atom is 0.416 e. The molecular formula is C25H20F4N6O. The van der Waals surface area contributed by atoms with Gasteiger partial charge in [-0.1, -0.05) is 12.1 Å². The zero-order valence-electron chi connectivity index (χ0n) is 18.8. The Kier molecular flexibility index (Phi) is 6.47. The van der Waals surface area contributed by atoms with Crippen LogP contribution in [0.25, 0.3) is 22.9 Å². The first-order chi connectivity index (χ1) is 17.4. The molecule has 0 spiro atoms. The van der Waals surface area contributed by atoms with Crippen LogP contribution >= 0.6 is 0 Å². The number of aromatic nitrogens is 4. The number of ether oxygens (including phenoxy) is 1. The van der Waals surface area contributed by atoms with Gasteiger partial charge in [0.05, 0.1) is 48.2 Å². The predicted octanol–water partition coefficient (Wildman–Crippen LogP) is 5.34. The highest BCUT2D eigenvalue weighted by atomic mass is 19.4. The maximum absolute atomic E-state index is 14.4. The molecule has 4 heterocycles. The van der Waals surface area contributed by atoms with Crippen LogP contribution in [0.5, 0.6) is 0 Å². The fourth-order valence-corrected chi connectivity index (χ4v) is 3.74. The minimum absolute atomic E-state index is 0.207. The van der Waals surface area contributed by atoms with Gasteiger partial charge in [0.2, 0.25) is 0 Å². The van der Waals surface area contributed by atoms with E-state index in [2.05, 4.69) is 25.3 Å². The van der Waals surface area contributed by atoms with Crippen molar-refractivity contribution in [2.45, 2.75) is 6.18 Å². The third-order valence-electron chi connectivity index (χ3n) is 5.52. The van der Waals surface area contributed by atoms with Gasteiger partial charge >= 0.3 is 6.18 Å². The van der Waals surface area contributed by atoms with Crippen molar-refractivity contribution in [2.24, 2.45) is 0 Å². The van der Waals surface area contributed by atoms with Crippen LogP contribution in [0.4, 0.5) is 34.8 Å². The number of nitrogens with zero attached hydrogens (tertiary/aromatic N) is 5. The third-order valence-corrected chi connectivity index (χ3v) is 5.52. The lowest BCUT2D eigenvalue weighted by Gasteiger charge is -2.28. The highest BCUT2D eigenvalue weighted by Crippen LogP contribution is 2.31. The molecule has 1 aliphatic heterocycles. The Bertz CT molecular complexity index is 1360. The Morgan fingerprint density at radius 2 is 1.58 bits per heavy atom. The van der Waals surface area contributed by atoms with Crippen molar-refractivity contribution in [1.29, 1.82) is 0 Å². The van der Waals surface area contributed by atoms with E-state index in [-0.39, 0.29) is 11.6 Å². The van der Waals surface area contributed by atoms with Gasteiger partial charge < -0.3 is 15.0 Å². The molecular weight excluding hydrogens is 476 g/mol. The molecule has 0 aliphatic carbocycles. The predicted molar refractivity (Wildman–Crippen MR) is 126 cm³/mol. The van der Waals surface area contributed by atoms with Gasteiger partial charge in [0.25, 0.3) is 0 Å². The number of morpholine rings is 1. The molecule has 1 aromatic carbocycles. The summed E-state index contributed by atoms with van der Waals surface area (Å²) in [5.74, 6) is -0.0245. The molecule has 0 unspecified atom stereocenters. The highest BCUT2D eigenvalue weighted by Gasteiger charge is 2.30. The number of hydrogen-bond donors (Lipinski definition) is 1. The molecule has 0 amide bonds. The van der Waals surface area contributed by atoms with Gasteiger partial charge in [0.15, 0.2) is 17.5 Å². The van der Waals surface area contributed by atoms with E-state index in [1.54, 1.807) is 36.4 Å². The zero-order valence-corrected chi connectivity index (χ0v) is 18.8. The summed E-state index contributed by atoms with van der Waals surface area (Å²) in [7, 11) is 0. The number of anilines is 3. The molecule has 184 valence electrons. The van der Waals surface area contributed by atoms with Crippen molar-refractivity contribution in [3.63, 3.8) is 0 Å². The van der Waals surface area contributed by atoms with E-state index in [9.17, 15) is 17.6 Å². The van der Waals surface area contributed by atoms with Crippen LogP contribution in [-0.2, 0) is 10.9 Å². The Hall–Kier alpha value is -4.12. The number of alkyl halides is 3. The van der Waals surface area contributed by atoms with Crippen LogP contribution in [0.1, 0.15) is 5.56 Å². The van der Waals surface area contributed by atoms with E-state index in [1.807, 2.05) is 4.90 Å². The van der Waals surface area contributed by atoms with Crippen molar-refractivity contribution >= 4 is 17.2 Å². The van der Waals surface area contributed by atoms with Gasteiger partial charge in [-0.25, -0.2) is 19.3 Å². The van der Waals surface area contributed by atoms with Crippen LogP contribution in [0, 0.1) is 5.82 Å². The topological polar surface area (TPSA) is 76.1 Å². The van der Waals surface area contributed by atoms with E-state index in [0.29, 0.717) is 54.8 Å². The van der Waals surface area contributed by atoms with Crippen LogP contribution in [0.3, 0.4) is 0 Å². The summed E-state index contributed by atoms with van der Waals surface area (Å²) in [6.45, 7) is 2.06. The number of nitrogens with one attached hydrogen (secondary N) is 1. The monoisotopic (exact) mass is 496 g/mol. The summed E-state index contributed by atoms with van der Waals surface area (Å²) in [5.41, 5.74) is 1.61. The van der Waals surface area contributed by atoms with E-state index in [4.69, 9.17) is 4.74 Å². The standard InChI is InChI=1S/C25H20F4N6O/c26-19-15-31-23(34-24(19)35-9-11-36-12-10-35)22-6-2-5-21(33-22)20-8-7-18(14-30-20)32-17-4-1-3-16(13-17)25(27,28)29/h1-8,13-15,32H,9-12H2. The summed E-state index contributed by atoms with van der Waals surface area (Å²) in [4.78, 5) is 19.3. The molecule has 0 atom stereocenters. The van der Waals surface area contributed by atoms with Crippen molar-refractivity contribution in [3.05, 3.63) is 78.4 Å². The van der Waals surface area contributed by atoms with E-state index >= 15 is 0 Å². The first kappa shape index (κ1) is 23.6. The number of pyridine rings is 2. The molecule has 1 fully saturated rings. The molecule has 0 saturated carbocycles. The molecule has 5 rings (SSSR count). The largest absolute Gasteiger partial charge is 0.416 e. The van der Waals surface area contributed by atoms with Crippen molar-refractivity contribution < 1.29 is 22.3 Å². The summed E-state index contributed by atoms with van der Waals surface area (Å²) in [5, 5.41) is 2.92. The highest BCUT2D eigenvalue weighted by molar-refractivity contribution is 5.65. The second-order valence-corrected chi connectivity index (χ2v) is 8.01. The number of rotatable bonds is 5. The summed E-state index contributed by atoms with van der Waals surface area (Å²) in [6, 6.07) is 13.6. The molecule has 36 heavy (non-hydrogen) atoms. The van der Waals surface area contributed by atoms with Crippen molar-refractivity contribution in [1.82, 2.24) is 19.9 Å². The van der Waals surface area contributed by atoms with Gasteiger partial charge in [-0.2, -0.15) is 13.2 Å². The van der Waals surface area contributed by atoms with Gasteiger partial charge in [-0.05, 0) is 42.5 Å². The van der Waals surface area contributed by atoms with Crippen LogP contribution < -0.4 is 10.2 Å². The molecule has 7 nitrogen and oxygen atoms in total. The molecule has 1 saturated heterocycles. The van der Waals surface area contributed by atoms with Gasteiger partial charge in [0, 0.05) is 18.8 Å². The summed E-state index contributed by atoms with van der Waals surface area (Å²) in [6.07, 6.45) is -1.78. The molecule has 4 aromatic rings. The van der Waals surface area contributed by atoms with Crippen LogP contribution in [0.2, 0.25) is 0 Å². The zero-order chi connectivity index (χ0) is 25.1. The maximum atomic E-state index is 14.4. The smallest absolute Gasteiger partial charge is 0.378 e. The first-order valence-electron chi connectivity index (χ1n) is 11.1. The van der Waals surface area contributed by atoms with Crippen LogP contribution in [0.15, 0.2) is 67.0 Å². The second kappa shape index (κ2) is 9.86. The molecule has 11 heteroatoms. The normalized spacial score (nSPS) is 14.1. The fourth-order valence-electron chi connectivity index (χ4n) is 3.74. The first-order valence-corrected chi connectivity index (χ1v) is 11.1. The SMILES string of the molecule is Fc1cnc(-c2cccc(-c3ccc(Nc4cccc(C(F)(F)F)c4)cn3)n2)nc1N1CCOCC1. The lowest BCUT2D eigenvalue weighted by atomic mass is 10.2. The fraction of sp³-hybridized carbons (Fsp3) is 0.200. The Balaban J connectivity index is 1.36. The van der Waals surface area contributed by atoms with Crippen molar-refractivity contribution in [3.8, 4) is 22.9 Å². The quantitative estimate of drug-likeness (QED) is 0.374. The van der Waals surface area contributed by atoms with Crippen molar-refractivity contribution in [2.75, 3.05) is 36.5 Å². The van der Waals surface area contributed by atoms with Gasteiger partial charge in [-0.15, -0.1) is 0 Å². The molecule has 0 radical (unpaired) electrons. The number of benzene rings is 1. The van der Waals surface area contributed by atoms with E-state index in [1.165, 1.54) is 12.3 Å². The summed E-state index contributed by atoms with van der Waals surface area (Å²) >= 11 is 0. The van der Waals surface area contributed by atoms with Gasteiger partial charge in [0.1, 0.15) is 5.69 Å². The second-order valence-electron chi connectivity index (χ2n) is 8.01. The minimum atomic E-state index is -4.42. The Morgan fingerprint density at radius 3 is 2.33 bits per heavy atom. The number of hydrogen-bond acceptors (Lipinski definition) is 7. The molecule has 0 bridgehead atoms. The lowest BCUT2D eigenvalue weighted by Crippen LogP contribution is -2.37. The van der Waals surface area contributed by atoms with Crippen LogP contribution in [-0.4, -0.2) is 46.2 Å². The Labute approximate surface area is 203 Å². The molecule has 1 N–H and O–H groups in total. The third kappa shape index (κ3) is 5.25. The molecule has 1 aliphatic rings. The minimum Gasteiger partial charge on any atom is -0.378 e. The molecule has 3 aromatic heterocycles. The average Bonchev–Trinajstić information content (AvgIpc) is 2.90. The van der Waals surface area contributed by atoms with E-state index < -0.39 is 17.6 Å².